The molecule has 0 atom stereocenters. The van der Waals surface area contributed by atoms with Crippen LogP contribution < -0.4 is 15.6 Å². The van der Waals surface area contributed by atoms with Gasteiger partial charge in [0, 0.05) is 29.9 Å². The lowest BCUT2D eigenvalue weighted by molar-refractivity contribution is 0.266. The molecule has 2 aromatic carbocycles. The van der Waals surface area contributed by atoms with Crippen molar-refractivity contribution in [1.82, 2.24) is 14.8 Å². The lowest BCUT2D eigenvalue weighted by atomic mass is 10.1. The molecule has 0 spiro atoms. The Labute approximate surface area is 207 Å². The van der Waals surface area contributed by atoms with Crippen molar-refractivity contribution in [2.24, 2.45) is 0 Å². The molecule has 0 aliphatic carbocycles. The first-order valence-electron chi connectivity index (χ1n) is 12.1. The van der Waals surface area contributed by atoms with E-state index in [1.807, 2.05) is 43.3 Å². The van der Waals surface area contributed by atoms with E-state index in [0.717, 1.165) is 54.9 Å². The van der Waals surface area contributed by atoms with Crippen molar-refractivity contribution in [3.63, 3.8) is 0 Å². The molecule has 0 amide bonds. The number of likely N-dealkylation sites (N-methyl/N-ethyl adjacent to an activating group) is 1. The maximum Gasteiger partial charge on any atom is 0.253 e. The summed E-state index contributed by atoms with van der Waals surface area (Å²) in [6, 6.07) is 15.9. The van der Waals surface area contributed by atoms with Gasteiger partial charge in [-0.2, -0.15) is 0 Å². The van der Waals surface area contributed by atoms with Crippen LogP contribution in [0.1, 0.15) is 38.8 Å². The van der Waals surface area contributed by atoms with Gasteiger partial charge in [-0.3, -0.25) is 4.79 Å². The first-order valence-corrected chi connectivity index (χ1v) is 12.5. The number of thiocarbonyl (C=S) groups is 1. The van der Waals surface area contributed by atoms with E-state index in [-0.39, 0.29) is 5.56 Å². The molecule has 0 aliphatic heterocycles. The number of benzene rings is 2. The number of fused-ring (bicyclic) bond motifs is 1. The molecule has 0 aliphatic rings. The number of nitrogens with one attached hydrogen (secondary N) is 2. The maximum absolute atomic E-state index is 12.9. The summed E-state index contributed by atoms with van der Waals surface area (Å²) in [7, 11) is 0. The minimum Gasteiger partial charge on any atom is -0.494 e. The molecule has 0 saturated carbocycles. The van der Waals surface area contributed by atoms with Gasteiger partial charge in [-0.05, 0) is 92.1 Å². The summed E-state index contributed by atoms with van der Waals surface area (Å²) in [6.45, 7) is 13.0. The molecule has 2 N–H and O–H groups in total. The smallest absolute Gasteiger partial charge is 0.253 e. The number of hydrogen-bond acceptors (Lipinski definition) is 4. The third-order valence-corrected chi connectivity index (χ3v) is 6.40. The van der Waals surface area contributed by atoms with Gasteiger partial charge in [0.1, 0.15) is 5.75 Å². The Morgan fingerprint density at radius 3 is 2.38 bits per heavy atom. The van der Waals surface area contributed by atoms with Crippen LogP contribution in [0.4, 0.5) is 5.69 Å². The van der Waals surface area contributed by atoms with Gasteiger partial charge in [0.05, 0.1) is 13.2 Å². The minimum atomic E-state index is -0.0755. The molecule has 1 aromatic heterocycles. The highest BCUT2D eigenvalue weighted by Gasteiger charge is 2.15. The molecule has 1 heterocycles. The van der Waals surface area contributed by atoms with E-state index in [4.69, 9.17) is 17.0 Å². The van der Waals surface area contributed by atoms with Crippen LogP contribution in [0.15, 0.2) is 53.3 Å². The third-order valence-electron chi connectivity index (χ3n) is 6.04. The van der Waals surface area contributed by atoms with E-state index < -0.39 is 0 Å². The molecule has 0 unspecified atom stereocenters. The average Bonchev–Trinajstić information content (AvgIpc) is 2.85. The third kappa shape index (κ3) is 6.81. The van der Waals surface area contributed by atoms with Crippen molar-refractivity contribution >= 4 is 33.9 Å². The van der Waals surface area contributed by atoms with Crippen molar-refractivity contribution in [2.75, 3.05) is 38.1 Å². The number of aromatic nitrogens is 1. The molecular weight excluding hydrogens is 444 g/mol. The Bertz CT molecular complexity index is 1140. The number of rotatable bonds is 11. The maximum atomic E-state index is 12.9. The summed E-state index contributed by atoms with van der Waals surface area (Å²) in [5, 5.41) is 4.98. The minimum absolute atomic E-state index is 0.0755. The highest BCUT2D eigenvalue weighted by molar-refractivity contribution is 7.80. The fourth-order valence-corrected chi connectivity index (χ4v) is 4.18. The Balaban J connectivity index is 1.83. The quantitative estimate of drug-likeness (QED) is 0.376. The van der Waals surface area contributed by atoms with E-state index in [9.17, 15) is 4.79 Å². The molecule has 0 radical (unpaired) electrons. The molecule has 0 bridgehead atoms. The van der Waals surface area contributed by atoms with Gasteiger partial charge < -0.3 is 24.8 Å². The van der Waals surface area contributed by atoms with Crippen LogP contribution in [0.2, 0.25) is 0 Å². The molecule has 3 rings (SSSR count). The van der Waals surface area contributed by atoms with E-state index in [0.29, 0.717) is 23.8 Å². The van der Waals surface area contributed by atoms with Crippen molar-refractivity contribution in [2.45, 2.75) is 40.7 Å². The Hall–Kier alpha value is -2.90. The number of aryl methyl sites for hydroxylation is 1. The van der Waals surface area contributed by atoms with Gasteiger partial charge in [-0.1, -0.05) is 26.8 Å². The van der Waals surface area contributed by atoms with E-state index in [1.165, 1.54) is 5.56 Å². The first-order chi connectivity index (χ1) is 16.5. The Morgan fingerprint density at radius 1 is 1.00 bits per heavy atom. The first kappa shape index (κ1) is 25.7. The largest absolute Gasteiger partial charge is 0.494 e. The predicted molar refractivity (Wildman–Crippen MR) is 146 cm³/mol. The average molecular weight is 481 g/mol. The second-order valence-electron chi connectivity index (χ2n) is 8.23. The SMILES string of the molecule is CCOc1ccc(NC(=S)N(CCN(CC)CC)Cc2cc3cc(CC)ccc3[nH]c2=O)cc1. The number of nitrogens with zero attached hydrogens (tertiary/aromatic N) is 2. The van der Waals surface area contributed by atoms with E-state index in [2.05, 4.69) is 53.0 Å². The summed E-state index contributed by atoms with van der Waals surface area (Å²) >= 11 is 5.80. The molecular formula is C27H36N4O2S. The summed E-state index contributed by atoms with van der Waals surface area (Å²) in [4.78, 5) is 20.3. The normalized spacial score (nSPS) is 11.1. The van der Waals surface area contributed by atoms with Gasteiger partial charge in [0.2, 0.25) is 0 Å². The van der Waals surface area contributed by atoms with Crippen molar-refractivity contribution in [3.05, 3.63) is 70.0 Å². The predicted octanol–water partition coefficient (Wildman–Crippen LogP) is 5.03. The molecule has 6 nitrogen and oxygen atoms in total. The summed E-state index contributed by atoms with van der Waals surface area (Å²) in [5.41, 5.74) is 3.62. The molecule has 0 saturated heterocycles. The Kier molecular flexibility index (Phi) is 9.48. The van der Waals surface area contributed by atoms with E-state index in [1.54, 1.807) is 0 Å². The highest BCUT2D eigenvalue weighted by Crippen LogP contribution is 2.18. The summed E-state index contributed by atoms with van der Waals surface area (Å²) in [5.74, 6) is 0.825. The number of anilines is 1. The highest BCUT2D eigenvalue weighted by atomic mass is 32.1. The zero-order chi connectivity index (χ0) is 24.5. The van der Waals surface area contributed by atoms with Crippen LogP contribution in [0, 0.1) is 0 Å². The van der Waals surface area contributed by atoms with E-state index >= 15 is 0 Å². The summed E-state index contributed by atoms with van der Waals surface area (Å²) < 4.78 is 5.53. The topological polar surface area (TPSA) is 60.6 Å². The number of H-pyrrole nitrogens is 1. The van der Waals surface area contributed by atoms with Crippen molar-refractivity contribution in [3.8, 4) is 5.75 Å². The van der Waals surface area contributed by atoms with Crippen LogP contribution in [0.25, 0.3) is 10.9 Å². The zero-order valence-electron chi connectivity index (χ0n) is 20.7. The molecule has 182 valence electrons. The second kappa shape index (κ2) is 12.5. The zero-order valence-corrected chi connectivity index (χ0v) is 21.5. The van der Waals surface area contributed by atoms with Gasteiger partial charge >= 0.3 is 0 Å². The van der Waals surface area contributed by atoms with Crippen LogP contribution in [0.5, 0.6) is 5.75 Å². The number of ether oxygens (including phenoxy) is 1. The van der Waals surface area contributed by atoms with Crippen LogP contribution >= 0.6 is 12.2 Å². The molecule has 7 heteroatoms. The monoisotopic (exact) mass is 480 g/mol. The van der Waals surface area contributed by atoms with Gasteiger partial charge in [-0.25, -0.2) is 0 Å². The van der Waals surface area contributed by atoms with Crippen LogP contribution in [-0.4, -0.2) is 52.7 Å². The molecule has 0 fully saturated rings. The standard InChI is InChI=1S/C27H36N4O2S/c1-5-20-9-14-25-21(17-20)18-22(26(32)29-25)19-31(16-15-30(6-2)7-3)27(34)28-23-10-12-24(13-11-23)33-8-4/h9-14,17-18H,5-8,15-16,19H2,1-4H3,(H,28,34)(H,29,32). The number of aromatic amines is 1. The van der Waals surface area contributed by atoms with Gasteiger partial charge in [0.15, 0.2) is 5.11 Å². The van der Waals surface area contributed by atoms with Gasteiger partial charge in [0.25, 0.3) is 5.56 Å². The number of hydrogen-bond donors (Lipinski definition) is 2. The Morgan fingerprint density at radius 2 is 1.74 bits per heavy atom. The summed E-state index contributed by atoms with van der Waals surface area (Å²) in [6.07, 6.45) is 0.955. The lowest BCUT2D eigenvalue weighted by Gasteiger charge is -2.29. The fourth-order valence-electron chi connectivity index (χ4n) is 3.90. The van der Waals surface area contributed by atoms with Crippen molar-refractivity contribution < 1.29 is 4.74 Å². The second-order valence-corrected chi connectivity index (χ2v) is 8.62. The van der Waals surface area contributed by atoms with Crippen LogP contribution in [-0.2, 0) is 13.0 Å². The lowest BCUT2D eigenvalue weighted by Crippen LogP contribution is -2.41. The molecule has 34 heavy (non-hydrogen) atoms. The van der Waals surface area contributed by atoms with Gasteiger partial charge in [-0.15, -0.1) is 0 Å². The fraction of sp³-hybridized carbons (Fsp3) is 0.407. The van der Waals surface area contributed by atoms with Crippen LogP contribution in [0.3, 0.4) is 0 Å². The number of pyridine rings is 1. The van der Waals surface area contributed by atoms with Crippen molar-refractivity contribution in [1.29, 1.82) is 0 Å². The molecule has 3 aromatic rings.